The fraction of sp³-hybridized carbons (Fsp3) is 0.714. The summed E-state index contributed by atoms with van der Waals surface area (Å²) in [4.78, 5) is 9.02. The van der Waals surface area contributed by atoms with Crippen molar-refractivity contribution in [2.75, 3.05) is 52.1 Å². The summed E-state index contributed by atoms with van der Waals surface area (Å²) in [7, 11) is -3.16. The zero-order chi connectivity index (χ0) is 17.4. The molecule has 0 saturated carbocycles. The summed E-state index contributed by atoms with van der Waals surface area (Å²) >= 11 is 0. The molecule has 0 aliphatic carbocycles. The second-order valence-electron chi connectivity index (χ2n) is 5.66. The van der Waals surface area contributed by atoms with Crippen molar-refractivity contribution in [1.29, 1.82) is 0 Å². The van der Waals surface area contributed by atoms with Gasteiger partial charge in [0.1, 0.15) is 6.26 Å². The summed E-state index contributed by atoms with van der Waals surface area (Å²) in [5, 5.41) is 7.20. The van der Waals surface area contributed by atoms with Crippen LogP contribution in [-0.4, -0.2) is 81.4 Å². The molecule has 1 aromatic heterocycles. The summed E-state index contributed by atoms with van der Waals surface area (Å²) in [5.74, 6) is 0.828. The first-order valence-corrected chi connectivity index (χ1v) is 9.96. The molecule has 2 heterocycles. The van der Waals surface area contributed by atoms with Crippen molar-refractivity contribution < 1.29 is 12.9 Å². The van der Waals surface area contributed by atoms with Crippen molar-refractivity contribution >= 4 is 16.0 Å². The molecule has 136 valence electrons. The highest BCUT2D eigenvalue weighted by atomic mass is 32.2. The van der Waals surface area contributed by atoms with Gasteiger partial charge in [0.2, 0.25) is 10.0 Å². The maximum atomic E-state index is 11.1. The maximum absolute atomic E-state index is 11.1. The summed E-state index contributed by atoms with van der Waals surface area (Å²) < 4.78 is 29.4. The van der Waals surface area contributed by atoms with Crippen molar-refractivity contribution in [1.82, 2.24) is 25.0 Å². The van der Waals surface area contributed by atoms with Crippen LogP contribution in [0.4, 0.5) is 0 Å². The summed E-state index contributed by atoms with van der Waals surface area (Å²) in [6.45, 7) is 7.86. The number of aromatic nitrogens is 1. The number of hydrogen-bond acceptors (Lipinski definition) is 6. The van der Waals surface area contributed by atoms with Gasteiger partial charge >= 0.3 is 0 Å². The van der Waals surface area contributed by atoms with Crippen molar-refractivity contribution in [3.63, 3.8) is 0 Å². The Morgan fingerprint density at radius 1 is 1.38 bits per heavy atom. The van der Waals surface area contributed by atoms with Gasteiger partial charge in [0, 0.05) is 51.9 Å². The van der Waals surface area contributed by atoms with Crippen LogP contribution < -0.4 is 10.0 Å². The van der Waals surface area contributed by atoms with E-state index < -0.39 is 10.0 Å². The van der Waals surface area contributed by atoms with E-state index in [1.165, 1.54) is 0 Å². The Labute approximate surface area is 143 Å². The van der Waals surface area contributed by atoms with Crippen molar-refractivity contribution in [2.45, 2.75) is 13.5 Å². The molecule has 1 saturated heterocycles. The maximum Gasteiger partial charge on any atom is 0.208 e. The number of sulfonamides is 1. The lowest BCUT2D eigenvalue weighted by Crippen LogP contribution is -2.52. The van der Waals surface area contributed by atoms with Crippen LogP contribution in [0.15, 0.2) is 21.8 Å². The van der Waals surface area contributed by atoms with E-state index in [2.05, 4.69) is 30.0 Å². The number of rotatable bonds is 7. The first kappa shape index (κ1) is 18.7. The number of piperazine rings is 1. The molecule has 1 fully saturated rings. The molecule has 2 rings (SSSR count). The SMILES string of the molecule is CCNC(=NCCNS(C)(=O)=O)N1CCN(Cc2ccon2)CC1. The highest BCUT2D eigenvalue weighted by molar-refractivity contribution is 7.88. The van der Waals surface area contributed by atoms with E-state index in [4.69, 9.17) is 4.52 Å². The number of hydrogen-bond donors (Lipinski definition) is 2. The van der Waals surface area contributed by atoms with Crippen LogP contribution in [0.5, 0.6) is 0 Å². The third-order valence-corrected chi connectivity index (χ3v) is 4.35. The molecule has 0 spiro atoms. The predicted molar refractivity (Wildman–Crippen MR) is 92.2 cm³/mol. The molecule has 10 heteroatoms. The number of nitrogens with one attached hydrogen (secondary N) is 2. The van der Waals surface area contributed by atoms with E-state index >= 15 is 0 Å². The van der Waals surface area contributed by atoms with Gasteiger partial charge < -0.3 is 14.7 Å². The van der Waals surface area contributed by atoms with Crippen molar-refractivity contribution in [3.05, 3.63) is 18.0 Å². The zero-order valence-corrected chi connectivity index (χ0v) is 15.0. The molecule has 24 heavy (non-hydrogen) atoms. The van der Waals surface area contributed by atoms with Crippen LogP contribution in [0.25, 0.3) is 0 Å². The molecule has 1 aliphatic heterocycles. The molecule has 0 unspecified atom stereocenters. The minimum Gasteiger partial charge on any atom is -0.364 e. The second kappa shape index (κ2) is 9.00. The van der Waals surface area contributed by atoms with Gasteiger partial charge in [-0.15, -0.1) is 0 Å². The van der Waals surface area contributed by atoms with Gasteiger partial charge in [-0.1, -0.05) is 5.16 Å². The average molecular weight is 358 g/mol. The molecule has 2 N–H and O–H groups in total. The second-order valence-corrected chi connectivity index (χ2v) is 7.49. The van der Waals surface area contributed by atoms with E-state index in [1.54, 1.807) is 6.26 Å². The third-order valence-electron chi connectivity index (χ3n) is 3.62. The largest absolute Gasteiger partial charge is 0.364 e. The first-order valence-electron chi connectivity index (χ1n) is 8.07. The lowest BCUT2D eigenvalue weighted by atomic mass is 10.3. The normalized spacial score (nSPS) is 17.2. The predicted octanol–water partition coefficient (Wildman–Crippen LogP) is -0.693. The summed E-state index contributed by atoms with van der Waals surface area (Å²) in [5.41, 5.74) is 0.941. The van der Waals surface area contributed by atoms with Gasteiger partial charge in [0.25, 0.3) is 0 Å². The lowest BCUT2D eigenvalue weighted by Gasteiger charge is -2.36. The average Bonchev–Trinajstić information content (AvgIpc) is 3.03. The zero-order valence-electron chi connectivity index (χ0n) is 14.2. The minimum absolute atomic E-state index is 0.305. The summed E-state index contributed by atoms with van der Waals surface area (Å²) in [6.07, 6.45) is 2.74. The Bertz CT molecular complexity index is 608. The molecule has 0 bridgehead atoms. The smallest absolute Gasteiger partial charge is 0.208 e. The van der Waals surface area contributed by atoms with Crippen molar-refractivity contribution in [2.24, 2.45) is 4.99 Å². The van der Waals surface area contributed by atoms with Crippen LogP contribution in [0, 0.1) is 0 Å². The Balaban J connectivity index is 1.81. The lowest BCUT2D eigenvalue weighted by molar-refractivity contribution is 0.169. The number of aliphatic imine (C=N–C) groups is 1. The fourth-order valence-corrected chi connectivity index (χ4v) is 2.95. The highest BCUT2D eigenvalue weighted by Gasteiger charge is 2.20. The molecular weight excluding hydrogens is 332 g/mol. The van der Waals surface area contributed by atoms with Gasteiger partial charge in [-0.05, 0) is 6.92 Å². The minimum atomic E-state index is -3.16. The van der Waals surface area contributed by atoms with Crippen molar-refractivity contribution in [3.8, 4) is 0 Å². The van der Waals surface area contributed by atoms with E-state index in [1.807, 2.05) is 13.0 Å². The van der Waals surface area contributed by atoms with Crippen LogP contribution in [0.3, 0.4) is 0 Å². The van der Waals surface area contributed by atoms with Gasteiger partial charge in [0.05, 0.1) is 18.5 Å². The number of nitrogens with zero attached hydrogens (tertiary/aromatic N) is 4. The van der Waals surface area contributed by atoms with E-state index in [-0.39, 0.29) is 0 Å². The third kappa shape index (κ3) is 6.46. The topological polar surface area (TPSA) is 103 Å². The van der Waals surface area contributed by atoms with Gasteiger partial charge in [0.15, 0.2) is 5.96 Å². The number of guanidine groups is 1. The highest BCUT2D eigenvalue weighted by Crippen LogP contribution is 2.07. The Hall–Kier alpha value is -1.65. The van der Waals surface area contributed by atoms with Crippen LogP contribution in [-0.2, 0) is 16.6 Å². The summed E-state index contributed by atoms with van der Waals surface area (Å²) in [6, 6.07) is 1.88. The Morgan fingerprint density at radius 2 is 2.12 bits per heavy atom. The molecule has 0 aromatic carbocycles. The molecule has 0 amide bonds. The molecule has 9 nitrogen and oxygen atoms in total. The Kier molecular flexibility index (Phi) is 7.00. The van der Waals surface area contributed by atoms with Gasteiger partial charge in [-0.3, -0.25) is 9.89 Å². The molecule has 1 aliphatic rings. The van der Waals surface area contributed by atoms with Crippen LogP contribution in [0.1, 0.15) is 12.6 Å². The molecular formula is C14H26N6O3S. The van der Waals surface area contributed by atoms with Gasteiger partial charge in [-0.2, -0.15) is 0 Å². The quantitative estimate of drug-likeness (QED) is 0.378. The van der Waals surface area contributed by atoms with E-state index in [0.717, 1.165) is 57.2 Å². The molecule has 0 atom stereocenters. The van der Waals surface area contributed by atoms with E-state index in [0.29, 0.717) is 13.1 Å². The van der Waals surface area contributed by atoms with Crippen LogP contribution >= 0.6 is 0 Å². The molecule has 1 aromatic rings. The Morgan fingerprint density at radius 3 is 2.71 bits per heavy atom. The molecule has 0 radical (unpaired) electrons. The van der Waals surface area contributed by atoms with E-state index in [9.17, 15) is 8.42 Å². The van der Waals surface area contributed by atoms with Gasteiger partial charge in [-0.25, -0.2) is 13.1 Å². The monoisotopic (exact) mass is 358 g/mol. The van der Waals surface area contributed by atoms with Crippen LogP contribution in [0.2, 0.25) is 0 Å². The first-order chi connectivity index (χ1) is 11.5. The standard InChI is InChI=1S/C14H26N6O3S/c1-3-15-14(16-5-6-17-24(2,21)22)20-9-7-19(8-10-20)12-13-4-11-23-18-13/h4,11,17H,3,5-10,12H2,1-2H3,(H,15,16). The fourth-order valence-electron chi connectivity index (χ4n) is 2.48.